The Kier molecular flexibility index (Phi) is 5.44. The molecule has 1 aliphatic heterocycles. The van der Waals surface area contributed by atoms with Gasteiger partial charge in [0, 0.05) is 13.1 Å². The molecule has 1 aromatic carbocycles. The van der Waals surface area contributed by atoms with Crippen molar-refractivity contribution in [1.82, 2.24) is 10.2 Å². The lowest BCUT2D eigenvalue weighted by molar-refractivity contribution is -0.127. The first-order chi connectivity index (χ1) is 10.1. The molecule has 1 aromatic rings. The molecule has 0 bridgehead atoms. The fourth-order valence-electron chi connectivity index (χ4n) is 2.39. The van der Waals surface area contributed by atoms with E-state index in [4.69, 9.17) is 11.6 Å². The molecule has 0 aliphatic carbocycles. The van der Waals surface area contributed by atoms with Gasteiger partial charge in [-0.3, -0.25) is 4.79 Å². The summed E-state index contributed by atoms with van der Waals surface area (Å²) >= 11 is 6.04. The van der Waals surface area contributed by atoms with Crippen LogP contribution in [0.15, 0.2) is 24.3 Å². The minimum Gasteiger partial charge on any atom is -0.353 e. The van der Waals surface area contributed by atoms with Crippen LogP contribution in [0.5, 0.6) is 0 Å². The number of anilines is 1. The zero-order chi connectivity index (χ0) is 15.2. The molecule has 0 radical (unpaired) electrons. The molecule has 0 saturated carbocycles. The van der Waals surface area contributed by atoms with Crippen molar-refractivity contribution in [3.05, 3.63) is 29.3 Å². The van der Waals surface area contributed by atoms with Crippen LogP contribution in [0.2, 0.25) is 5.02 Å². The number of urea groups is 1. The summed E-state index contributed by atoms with van der Waals surface area (Å²) < 4.78 is 0. The largest absolute Gasteiger partial charge is 0.353 e. The summed E-state index contributed by atoms with van der Waals surface area (Å²) in [6.45, 7) is 3.06. The molecule has 0 spiro atoms. The third-order valence-electron chi connectivity index (χ3n) is 3.54. The summed E-state index contributed by atoms with van der Waals surface area (Å²) in [5, 5.41) is 6.08. The maximum absolute atomic E-state index is 12.4. The van der Waals surface area contributed by atoms with Crippen LogP contribution in [0.3, 0.4) is 0 Å². The Bertz CT molecular complexity index is 521. The first kappa shape index (κ1) is 15.6. The van der Waals surface area contributed by atoms with E-state index in [0.717, 1.165) is 12.8 Å². The van der Waals surface area contributed by atoms with Gasteiger partial charge in [-0.05, 0) is 18.6 Å². The lowest BCUT2D eigenvalue weighted by Crippen LogP contribution is -2.58. The van der Waals surface area contributed by atoms with E-state index in [9.17, 15) is 9.59 Å². The molecule has 1 heterocycles. The molecule has 2 rings (SSSR count). The summed E-state index contributed by atoms with van der Waals surface area (Å²) in [6.07, 6.45) is 2.58. The summed E-state index contributed by atoms with van der Waals surface area (Å²) in [5.41, 5.74) is 0.560. The maximum atomic E-state index is 12.4. The van der Waals surface area contributed by atoms with Gasteiger partial charge in [-0.15, -0.1) is 0 Å². The van der Waals surface area contributed by atoms with Crippen molar-refractivity contribution in [2.45, 2.75) is 32.2 Å². The molecule has 1 saturated heterocycles. The second-order valence-electron chi connectivity index (χ2n) is 5.05. The molecule has 3 amide bonds. The molecule has 0 aromatic heterocycles. The van der Waals surface area contributed by atoms with Crippen LogP contribution in [0.25, 0.3) is 0 Å². The molecule has 21 heavy (non-hydrogen) atoms. The van der Waals surface area contributed by atoms with Gasteiger partial charge in [0.15, 0.2) is 0 Å². The van der Waals surface area contributed by atoms with Crippen molar-refractivity contribution in [3.8, 4) is 0 Å². The molecule has 5 nitrogen and oxygen atoms in total. The molecule has 1 fully saturated rings. The molecular weight excluding hydrogens is 290 g/mol. The second-order valence-corrected chi connectivity index (χ2v) is 5.46. The Morgan fingerprint density at radius 2 is 2.24 bits per heavy atom. The van der Waals surface area contributed by atoms with E-state index in [1.54, 1.807) is 29.2 Å². The Labute approximate surface area is 129 Å². The van der Waals surface area contributed by atoms with E-state index in [2.05, 4.69) is 17.6 Å². The second kappa shape index (κ2) is 7.31. The number of unbranched alkanes of at least 4 members (excludes halogenated alkanes) is 1. The Hall–Kier alpha value is -1.75. The van der Waals surface area contributed by atoms with Crippen molar-refractivity contribution in [2.24, 2.45) is 0 Å². The van der Waals surface area contributed by atoms with Gasteiger partial charge in [0.1, 0.15) is 6.04 Å². The van der Waals surface area contributed by atoms with Gasteiger partial charge in [-0.2, -0.15) is 0 Å². The first-order valence-corrected chi connectivity index (χ1v) is 7.61. The summed E-state index contributed by atoms with van der Waals surface area (Å²) in [4.78, 5) is 26.0. The Balaban J connectivity index is 2.08. The van der Waals surface area contributed by atoms with E-state index in [0.29, 0.717) is 30.2 Å². The molecule has 2 N–H and O–H groups in total. The number of benzene rings is 1. The normalized spacial score (nSPS) is 18.3. The lowest BCUT2D eigenvalue weighted by atomic mass is 10.1. The van der Waals surface area contributed by atoms with Crippen molar-refractivity contribution >= 4 is 29.2 Å². The Morgan fingerprint density at radius 1 is 1.48 bits per heavy atom. The van der Waals surface area contributed by atoms with Crippen LogP contribution in [0, 0.1) is 0 Å². The predicted octanol–water partition coefficient (Wildman–Crippen LogP) is 2.86. The number of para-hydroxylation sites is 1. The van der Waals surface area contributed by atoms with Crippen LogP contribution in [0.4, 0.5) is 10.5 Å². The van der Waals surface area contributed by atoms with E-state index in [-0.39, 0.29) is 11.9 Å². The van der Waals surface area contributed by atoms with Crippen LogP contribution < -0.4 is 10.6 Å². The van der Waals surface area contributed by atoms with Gasteiger partial charge in [0.2, 0.25) is 5.91 Å². The van der Waals surface area contributed by atoms with Crippen molar-refractivity contribution in [3.63, 3.8) is 0 Å². The summed E-state index contributed by atoms with van der Waals surface area (Å²) in [6, 6.07) is 6.38. The maximum Gasteiger partial charge on any atom is 0.322 e. The highest BCUT2D eigenvalue weighted by Crippen LogP contribution is 2.22. The third kappa shape index (κ3) is 3.88. The van der Waals surface area contributed by atoms with Crippen LogP contribution in [-0.4, -0.2) is 36.0 Å². The smallest absolute Gasteiger partial charge is 0.322 e. The van der Waals surface area contributed by atoms with Gasteiger partial charge in [0.25, 0.3) is 0 Å². The number of rotatable bonds is 4. The van der Waals surface area contributed by atoms with Crippen molar-refractivity contribution < 1.29 is 9.59 Å². The van der Waals surface area contributed by atoms with E-state index in [1.165, 1.54) is 0 Å². The molecule has 114 valence electrons. The number of halogens is 1. The molecule has 1 aliphatic rings. The topological polar surface area (TPSA) is 61.4 Å². The van der Waals surface area contributed by atoms with Gasteiger partial charge < -0.3 is 15.5 Å². The number of nitrogens with one attached hydrogen (secondary N) is 2. The fourth-order valence-corrected chi connectivity index (χ4v) is 2.57. The van der Waals surface area contributed by atoms with Crippen molar-refractivity contribution in [2.75, 3.05) is 18.4 Å². The average molecular weight is 310 g/mol. The summed E-state index contributed by atoms with van der Waals surface area (Å²) in [7, 11) is 0. The van der Waals surface area contributed by atoms with E-state index < -0.39 is 6.04 Å². The Morgan fingerprint density at radius 3 is 2.95 bits per heavy atom. The molecular formula is C15H20ClN3O2. The number of amides is 3. The van der Waals surface area contributed by atoms with Gasteiger partial charge in [-0.1, -0.05) is 43.5 Å². The van der Waals surface area contributed by atoms with Gasteiger partial charge in [0.05, 0.1) is 10.7 Å². The quantitative estimate of drug-likeness (QED) is 0.898. The fraction of sp³-hybridized carbons (Fsp3) is 0.467. The number of piperazine rings is 1. The van der Waals surface area contributed by atoms with Gasteiger partial charge >= 0.3 is 6.03 Å². The highest BCUT2D eigenvalue weighted by atomic mass is 35.5. The number of carbonyl (C=O) groups excluding carboxylic acids is 2. The van der Waals surface area contributed by atoms with Crippen LogP contribution >= 0.6 is 11.6 Å². The first-order valence-electron chi connectivity index (χ1n) is 7.23. The van der Waals surface area contributed by atoms with Gasteiger partial charge in [-0.25, -0.2) is 4.79 Å². The zero-order valence-corrected chi connectivity index (χ0v) is 12.8. The predicted molar refractivity (Wildman–Crippen MR) is 83.5 cm³/mol. The van der Waals surface area contributed by atoms with Crippen molar-refractivity contribution in [1.29, 1.82) is 0 Å². The number of hydrogen-bond donors (Lipinski definition) is 2. The SMILES string of the molecule is CCCCC1C(=O)NCCN1C(=O)Nc1ccccc1Cl. The monoisotopic (exact) mass is 309 g/mol. The summed E-state index contributed by atoms with van der Waals surface area (Å²) in [5.74, 6) is -0.0796. The average Bonchev–Trinajstić information content (AvgIpc) is 2.48. The van der Waals surface area contributed by atoms with E-state index in [1.807, 2.05) is 0 Å². The minimum absolute atomic E-state index is 0.0796. The van der Waals surface area contributed by atoms with Crippen LogP contribution in [-0.2, 0) is 4.79 Å². The highest BCUT2D eigenvalue weighted by Gasteiger charge is 2.32. The van der Waals surface area contributed by atoms with Crippen LogP contribution in [0.1, 0.15) is 26.2 Å². The zero-order valence-electron chi connectivity index (χ0n) is 12.1. The standard InChI is InChI=1S/C15H20ClN3O2/c1-2-3-8-13-14(20)17-9-10-19(13)15(21)18-12-7-5-4-6-11(12)16/h4-7,13H,2-3,8-10H2,1H3,(H,17,20)(H,18,21). The third-order valence-corrected chi connectivity index (χ3v) is 3.87. The lowest BCUT2D eigenvalue weighted by Gasteiger charge is -2.35. The number of hydrogen-bond acceptors (Lipinski definition) is 2. The van der Waals surface area contributed by atoms with E-state index >= 15 is 0 Å². The molecule has 1 atom stereocenters. The number of carbonyl (C=O) groups is 2. The number of nitrogens with zero attached hydrogens (tertiary/aromatic N) is 1. The minimum atomic E-state index is -0.402. The molecule has 6 heteroatoms. The highest BCUT2D eigenvalue weighted by molar-refractivity contribution is 6.33. The molecule has 1 unspecified atom stereocenters.